The van der Waals surface area contributed by atoms with E-state index in [-0.39, 0.29) is 11.4 Å². The molecule has 2 aliphatic rings. The minimum Gasteiger partial charge on any atom is -0.369 e. The van der Waals surface area contributed by atoms with Gasteiger partial charge >= 0.3 is 0 Å². The van der Waals surface area contributed by atoms with Gasteiger partial charge in [0.15, 0.2) is 0 Å². The van der Waals surface area contributed by atoms with Gasteiger partial charge in [-0.25, -0.2) is 0 Å². The monoisotopic (exact) mass is 363 g/mol. The van der Waals surface area contributed by atoms with E-state index in [1.807, 2.05) is 6.07 Å². The van der Waals surface area contributed by atoms with Gasteiger partial charge in [-0.05, 0) is 49.4 Å². The Hall–Kier alpha value is -2.33. The lowest BCUT2D eigenvalue weighted by molar-refractivity contribution is -0.125. The average molecular weight is 364 g/mol. The van der Waals surface area contributed by atoms with Crippen molar-refractivity contribution in [1.29, 1.82) is 0 Å². The fraction of sp³-hybridized carbons (Fsp3) is 0.435. The zero-order valence-electron chi connectivity index (χ0n) is 16.2. The molecule has 142 valence electrons. The van der Waals surface area contributed by atoms with Crippen LogP contribution in [-0.4, -0.2) is 43.5 Å². The molecule has 1 heterocycles. The number of carbonyl (C=O) groups excluding carboxylic acids is 1. The van der Waals surface area contributed by atoms with Crippen molar-refractivity contribution in [2.24, 2.45) is 0 Å². The molecule has 27 heavy (non-hydrogen) atoms. The molecule has 0 unspecified atom stereocenters. The molecule has 2 aromatic carbocycles. The number of benzene rings is 2. The molecule has 1 saturated carbocycles. The highest BCUT2D eigenvalue weighted by Gasteiger charge is 2.40. The Bertz CT molecular complexity index is 777. The normalized spacial score (nSPS) is 19.4. The molecular formula is C23H29N3O. The Morgan fingerprint density at radius 3 is 2.37 bits per heavy atom. The van der Waals surface area contributed by atoms with Gasteiger partial charge in [0.1, 0.15) is 0 Å². The third-order valence-corrected chi connectivity index (χ3v) is 6.02. The molecule has 0 bridgehead atoms. The van der Waals surface area contributed by atoms with Crippen molar-refractivity contribution in [3.05, 3.63) is 65.7 Å². The second kappa shape index (κ2) is 7.73. The molecule has 2 aromatic rings. The number of rotatable bonds is 5. The van der Waals surface area contributed by atoms with Gasteiger partial charge in [0.2, 0.25) is 5.91 Å². The number of amides is 1. The first-order valence-electron chi connectivity index (χ1n) is 10.1. The molecule has 1 N–H and O–H groups in total. The Morgan fingerprint density at radius 2 is 1.74 bits per heavy atom. The molecule has 0 spiro atoms. The largest absolute Gasteiger partial charge is 0.369 e. The van der Waals surface area contributed by atoms with Gasteiger partial charge in [-0.3, -0.25) is 9.69 Å². The number of carbonyl (C=O) groups is 1. The van der Waals surface area contributed by atoms with Crippen LogP contribution in [0, 0.1) is 6.92 Å². The Kier molecular flexibility index (Phi) is 5.17. The Labute approximate surface area is 162 Å². The van der Waals surface area contributed by atoms with E-state index in [2.05, 4.69) is 70.6 Å². The van der Waals surface area contributed by atoms with Crippen LogP contribution in [0.3, 0.4) is 0 Å². The summed E-state index contributed by atoms with van der Waals surface area (Å²) in [4.78, 5) is 17.4. The van der Waals surface area contributed by atoms with E-state index in [4.69, 9.17) is 0 Å². The summed E-state index contributed by atoms with van der Waals surface area (Å²) < 4.78 is 0. The molecular weight excluding hydrogens is 334 g/mol. The first-order chi connectivity index (χ1) is 13.1. The van der Waals surface area contributed by atoms with E-state index in [1.54, 1.807) is 0 Å². The molecule has 0 aromatic heterocycles. The van der Waals surface area contributed by atoms with Gasteiger partial charge in [-0.2, -0.15) is 0 Å². The van der Waals surface area contributed by atoms with Crippen molar-refractivity contribution < 1.29 is 4.79 Å². The highest BCUT2D eigenvalue weighted by Crippen LogP contribution is 2.41. The lowest BCUT2D eigenvalue weighted by Gasteiger charge is -2.44. The summed E-state index contributed by atoms with van der Waals surface area (Å²) in [7, 11) is 0. The predicted octanol–water partition coefficient (Wildman–Crippen LogP) is 3.31. The number of piperazine rings is 1. The summed E-state index contributed by atoms with van der Waals surface area (Å²) in [6, 6.07) is 19.1. The summed E-state index contributed by atoms with van der Waals surface area (Å²) in [6.45, 7) is 6.43. The molecule has 0 radical (unpaired) electrons. The second-order valence-electron chi connectivity index (χ2n) is 7.95. The van der Waals surface area contributed by atoms with Crippen LogP contribution in [-0.2, 0) is 10.3 Å². The number of nitrogens with zero attached hydrogens (tertiary/aromatic N) is 2. The maximum atomic E-state index is 12.7. The summed E-state index contributed by atoms with van der Waals surface area (Å²) in [5.41, 5.74) is 3.69. The average Bonchev–Trinajstić information content (AvgIpc) is 2.66. The van der Waals surface area contributed by atoms with Crippen LogP contribution in [0.2, 0.25) is 0 Å². The van der Waals surface area contributed by atoms with Crippen molar-refractivity contribution >= 4 is 11.6 Å². The first kappa shape index (κ1) is 18.1. The molecule has 2 fully saturated rings. The number of hydrogen-bond acceptors (Lipinski definition) is 3. The van der Waals surface area contributed by atoms with Crippen LogP contribution < -0.4 is 10.2 Å². The third kappa shape index (κ3) is 4.01. The molecule has 4 rings (SSSR count). The van der Waals surface area contributed by atoms with E-state index < -0.39 is 0 Å². The standard InChI is InChI=1S/C23H29N3O/c1-19-7-5-10-21(17-19)26-15-13-25(14-16-26)18-22(27)24-23(11-6-12-23)20-8-3-2-4-9-20/h2-5,7-10,17H,6,11-16,18H2,1H3,(H,24,27). The fourth-order valence-electron chi connectivity index (χ4n) is 4.27. The minimum atomic E-state index is -0.137. The lowest BCUT2D eigenvalue weighted by atomic mass is 9.72. The molecule has 1 aliphatic carbocycles. The summed E-state index contributed by atoms with van der Waals surface area (Å²) in [6.07, 6.45) is 3.28. The predicted molar refractivity (Wildman–Crippen MR) is 110 cm³/mol. The summed E-state index contributed by atoms with van der Waals surface area (Å²) >= 11 is 0. The van der Waals surface area contributed by atoms with E-state index >= 15 is 0 Å². The Balaban J connectivity index is 1.31. The van der Waals surface area contributed by atoms with E-state index in [1.165, 1.54) is 23.2 Å². The fourth-order valence-corrected chi connectivity index (χ4v) is 4.27. The van der Waals surface area contributed by atoms with Gasteiger partial charge in [-0.1, -0.05) is 42.5 Å². The molecule has 1 aliphatic heterocycles. The molecule has 1 saturated heterocycles. The van der Waals surface area contributed by atoms with Crippen LogP contribution in [0.25, 0.3) is 0 Å². The topological polar surface area (TPSA) is 35.6 Å². The molecule has 1 amide bonds. The molecule has 4 nitrogen and oxygen atoms in total. The van der Waals surface area contributed by atoms with Gasteiger partial charge in [0.25, 0.3) is 0 Å². The maximum absolute atomic E-state index is 12.7. The van der Waals surface area contributed by atoms with E-state index in [0.717, 1.165) is 39.0 Å². The van der Waals surface area contributed by atoms with Crippen molar-refractivity contribution in [3.8, 4) is 0 Å². The summed E-state index contributed by atoms with van der Waals surface area (Å²) in [5, 5.41) is 3.35. The van der Waals surface area contributed by atoms with Gasteiger partial charge in [-0.15, -0.1) is 0 Å². The first-order valence-corrected chi connectivity index (χ1v) is 10.1. The highest BCUT2D eigenvalue weighted by molar-refractivity contribution is 5.79. The lowest BCUT2D eigenvalue weighted by Crippen LogP contribution is -2.55. The van der Waals surface area contributed by atoms with Crippen LogP contribution >= 0.6 is 0 Å². The van der Waals surface area contributed by atoms with Crippen molar-refractivity contribution in [2.45, 2.75) is 31.7 Å². The van der Waals surface area contributed by atoms with Crippen molar-refractivity contribution in [1.82, 2.24) is 10.2 Å². The van der Waals surface area contributed by atoms with Crippen LogP contribution in [0.15, 0.2) is 54.6 Å². The molecule has 4 heteroatoms. The zero-order valence-corrected chi connectivity index (χ0v) is 16.2. The van der Waals surface area contributed by atoms with E-state index in [0.29, 0.717) is 6.54 Å². The molecule has 0 atom stereocenters. The smallest absolute Gasteiger partial charge is 0.234 e. The zero-order chi connectivity index (χ0) is 18.7. The number of hydrogen-bond donors (Lipinski definition) is 1. The summed E-state index contributed by atoms with van der Waals surface area (Å²) in [5.74, 6) is 0.155. The van der Waals surface area contributed by atoms with Gasteiger partial charge < -0.3 is 10.2 Å². The van der Waals surface area contributed by atoms with Gasteiger partial charge in [0, 0.05) is 31.9 Å². The van der Waals surface area contributed by atoms with Crippen molar-refractivity contribution in [2.75, 3.05) is 37.6 Å². The van der Waals surface area contributed by atoms with Crippen LogP contribution in [0.1, 0.15) is 30.4 Å². The SMILES string of the molecule is Cc1cccc(N2CCN(CC(=O)NC3(c4ccccc4)CCC3)CC2)c1. The number of aryl methyl sites for hydroxylation is 1. The third-order valence-electron chi connectivity index (χ3n) is 6.02. The van der Waals surface area contributed by atoms with Crippen molar-refractivity contribution in [3.63, 3.8) is 0 Å². The van der Waals surface area contributed by atoms with E-state index in [9.17, 15) is 4.79 Å². The Morgan fingerprint density at radius 1 is 1.00 bits per heavy atom. The second-order valence-corrected chi connectivity index (χ2v) is 7.95. The number of nitrogens with one attached hydrogen (secondary N) is 1. The van der Waals surface area contributed by atoms with Crippen LogP contribution in [0.5, 0.6) is 0 Å². The van der Waals surface area contributed by atoms with Gasteiger partial charge in [0.05, 0.1) is 12.1 Å². The quantitative estimate of drug-likeness (QED) is 0.885. The maximum Gasteiger partial charge on any atom is 0.234 e. The number of anilines is 1. The van der Waals surface area contributed by atoms with Crippen LogP contribution in [0.4, 0.5) is 5.69 Å². The minimum absolute atomic E-state index is 0.137. The highest BCUT2D eigenvalue weighted by atomic mass is 16.2.